The zero-order chi connectivity index (χ0) is 24.7. The second-order valence-corrected chi connectivity index (χ2v) is 8.71. The van der Waals surface area contributed by atoms with Crippen molar-refractivity contribution in [2.24, 2.45) is 0 Å². The van der Waals surface area contributed by atoms with Crippen LogP contribution in [0.15, 0.2) is 66.2 Å². The average molecular weight is 587 g/mol. The maximum atomic E-state index is 12.7. The van der Waals surface area contributed by atoms with E-state index in [-0.39, 0.29) is 5.57 Å². The number of anilines is 1. The summed E-state index contributed by atoms with van der Waals surface area (Å²) in [6.45, 7) is 0. The molecule has 0 saturated carbocycles. The van der Waals surface area contributed by atoms with Crippen molar-refractivity contribution in [2.45, 2.75) is 6.42 Å². The van der Waals surface area contributed by atoms with Gasteiger partial charge in [-0.25, -0.2) is 4.79 Å². The predicted octanol–water partition coefficient (Wildman–Crippen LogP) is 5.88. The maximum absolute atomic E-state index is 12.7. The van der Waals surface area contributed by atoms with Crippen LogP contribution in [0.2, 0.25) is 5.02 Å². The minimum atomic E-state index is -0.567. The van der Waals surface area contributed by atoms with E-state index in [2.05, 4.69) is 32.6 Å². The second kappa shape index (κ2) is 11.7. The Morgan fingerprint density at radius 2 is 1.82 bits per heavy atom. The third-order valence-corrected chi connectivity index (χ3v) is 6.29. The first kappa shape index (κ1) is 25.3. The highest BCUT2D eigenvalue weighted by Crippen LogP contribution is 2.31. The number of esters is 1. The molecule has 0 fully saturated rings. The lowest BCUT2D eigenvalue weighted by molar-refractivity contribution is -0.112. The van der Waals surface area contributed by atoms with Gasteiger partial charge in [-0.3, -0.25) is 4.79 Å². The summed E-state index contributed by atoms with van der Waals surface area (Å²) in [7, 11) is 2.87. The number of ether oxygens (including phenoxy) is 2. The molecule has 0 saturated heterocycles. The van der Waals surface area contributed by atoms with Crippen LogP contribution in [0.3, 0.4) is 0 Å². The monoisotopic (exact) mass is 586 g/mol. The molecule has 3 aromatic carbocycles. The van der Waals surface area contributed by atoms with E-state index in [4.69, 9.17) is 16.3 Å². The van der Waals surface area contributed by atoms with Crippen molar-refractivity contribution in [3.05, 3.63) is 97.1 Å². The van der Waals surface area contributed by atoms with Crippen LogP contribution in [0.4, 0.5) is 5.69 Å². The van der Waals surface area contributed by atoms with Crippen LogP contribution in [0.25, 0.3) is 6.08 Å². The van der Waals surface area contributed by atoms with Crippen LogP contribution in [-0.2, 0) is 16.0 Å². The molecule has 0 unspecified atom stereocenters. The summed E-state index contributed by atoms with van der Waals surface area (Å²) in [4.78, 5) is 24.2. The number of benzene rings is 3. The number of nitriles is 1. The van der Waals surface area contributed by atoms with Crippen LogP contribution >= 0.6 is 34.2 Å². The van der Waals surface area contributed by atoms with E-state index in [1.54, 1.807) is 25.3 Å². The number of carbonyl (C=O) groups is 2. The fraction of sp³-hybridized carbons (Fsp3) is 0.115. The lowest BCUT2D eigenvalue weighted by Crippen LogP contribution is -2.13. The quantitative estimate of drug-likeness (QED) is 0.162. The molecule has 0 aliphatic heterocycles. The Bertz CT molecular complexity index is 1300. The summed E-state index contributed by atoms with van der Waals surface area (Å²) in [6, 6.07) is 19.4. The summed E-state index contributed by atoms with van der Waals surface area (Å²) >= 11 is 8.52. The van der Waals surface area contributed by atoms with Gasteiger partial charge in [0.05, 0.1) is 19.8 Å². The van der Waals surface area contributed by atoms with Gasteiger partial charge in [0.2, 0.25) is 0 Å². The molecule has 8 heteroatoms. The van der Waals surface area contributed by atoms with E-state index >= 15 is 0 Å². The number of methoxy groups -OCH3 is 2. The molecule has 0 aromatic heterocycles. The smallest absolute Gasteiger partial charge is 0.337 e. The zero-order valence-electron chi connectivity index (χ0n) is 18.4. The fourth-order valence-corrected chi connectivity index (χ4v) is 4.24. The van der Waals surface area contributed by atoms with Crippen LogP contribution in [0.5, 0.6) is 5.75 Å². The van der Waals surface area contributed by atoms with Crippen molar-refractivity contribution in [3.63, 3.8) is 0 Å². The van der Waals surface area contributed by atoms with Crippen molar-refractivity contribution in [1.82, 2.24) is 0 Å². The van der Waals surface area contributed by atoms with Crippen molar-refractivity contribution in [2.75, 3.05) is 19.5 Å². The van der Waals surface area contributed by atoms with Gasteiger partial charge in [0.25, 0.3) is 5.91 Å². The van der Waals surface area contributed by atoms with E-state index in [1.807, 2.05) is 36.4 Å². The fourth-order valence-electron chi connectivity index (χ4n) is 3.22. The van der Waals surface area contributed by atoms with E-state index in [0.29, 0.717) is 34.0 Å². The van der Waals surface area contributed by atoms with Gasteiger partial charge in [-0.1, -0.05) is 29.8 Å². The molecule has 0 atom stereocenters. The molecule has 1 amide bonds. The highest BCUT2D eigenvalue weighted by atomic mass is 127. The van der Waals surface area contributed by atoms with Crippen LogP contribution in [0.1, 0.15) is 27.0 Å². The molecular formula is C26H20ClIN2O4. The van der Waals surface area contributed by atoms with Gasteiger partial charge in [0.1, 0.15) is 17.4 Å². The van der Waals surface area contributed by atoms with Gasteiger partial charge in [0, 0.05) is 26.3 Å². The summed E-state index contributed by atoms with van der Waals surface area (Å²) in [5.41, 5.74) is 3.31. The normalized spacial score (nSPS) is 10.9. The Morgan fingerprint density at radius 3 is 2.44 bits per heavy atom. The summed E-state index contributed by atoms with van der Waals surface area (Å²) in [6.07, 6.45) is 2.08. The van der Waals surface area contributed by atoms with Gasteiger partial charge < -0.3 is 14.8 Å². The lowest BCUT2D eigenvalue weighted by Gasteiger charge is -2.13. The summed E-state index contributed by atoms with van der Waals surface area (Å²) in [5, 5.41) is 12.9. The Balaban J connectivity index is 1.84. The predicted molar refractivity (Wildman–Crippen MR) is 140 cm³/mol. The minimum absolute atomic E-state index is 0.0752. The van der Waals surface area contributed by atoms with E-state index < -0.39 is 11.9 Å². The maximum Gasteiger partial charge on any atom is 0.337 e. The Kier molecular flexibility index (Phi) is 8.68. The molecule has 34 heavy (non-hydrogen) atoms. The molecule has 0 bridgehead atoms. The zero-order valence-corrected chi connectivity index (χ0v) is 21.3. The number of carbonyl (C=O) groups excluding carboxylic acids is 2. The molecule has 0 aliphatic carbocycles. The van der Waals surface area contributed by atoms with Gasteiger partial charge in [-0.2, -0.15) is 5.26 Å². The Hall–Kier alpha value is -3.35. The topological polar surface area (TPSA) is 88.4 Å². The summed E-state index contributed by atoms with van der Waals surface area (Å²) < 4.78 is 11.2. The number of halogens is 2. The molecule has 6 nitrogen and oxygen atoms in total. The Morgan fingerprint density at radius 1 is 1.12 bits per heavy atom. The number of hydrogen-bond acceptors (Lipinski definition) is 5. The van der Waals surface area contributed by atoms with E-state index in [0.717, 1.165) is 14.7 Å². The number of amides is 1. The summed E-state index contributed by atoms with van der Waals surface area (Å²) in [5.74, 6) is -0.409. The molecule has 172 valence electrons. The largest absolute Gasteiger partial charge is 0.496 e. The van der Waals surface area contributed by atoms with Gasteiger partial charge in [-0.05, 0) is 82.3 Å². The number of rotatable bonds is 7. The average Bonchev–Trinajstić information content (AvgIpc) is 2.84. The molecular weight excluding hydrogens is 567 g/mol. The van der Waals surface area contributed by atoms with Crippen molar-refractivity contribution < 1.29 is 19.1 Å². The SMILES string of the molecule is COC(=O)c1ccc(NC(=O)/C(C#N)=C/c2cc(I)c(Cc3ccccc3Cl)c(OC)c2)cc1. The van der Waals surface area contributed by atoms with Crippen molar-refractivity contribution in [3.8, 4) is 11.8 Å². The molecule has 0 spiro atoms. The molecule has 1 N–H and O–H groups in total. The van der Waals surface area contributed by atoms with Crippen LogP contribution in [-0.4, -0.2) is 26.1 Å². The standard InChI is InChI=1S/C26H20ClIN2O4/c1-33-24-13-16(12-23(28)21(24)14-18-5-3-4-6-22(18)27)11-19(15-29)25(31)30-20-9-7-17(8-10-20)26(32)34-2/h3-13H,14H2,1-2H3,(H,30,31)/b19-11+. The van der Waals surface area contributed by atoms with Gasteiger partial charge in [0.15, 0.2) is 0 Å². The first-order valence-corrected chi connectivity index (χ1v) is 11.5. The van der Waals surface area contributed by atoms with Gasteiger partial charge >= 0.3 is 5.97 Å². The van der Waals surface area contributed by atoms with Crippen molar-refractivity contribution >= 4 is 57.8 Å². The first-order chi connectivity index (χ1) is 16.4. The van der Waals surface area contributed by atoms with Crippen LogP contribution in [0, 0.1) is 14.9 Å². The van der Waals surface area contributed by atoms with Crippen molar-refractivity contribution in [1.29, 1.82) is 5.26 Å². The highest BCUT2D eigenvalue weighted by molar-refractivity contribution is 14.1. The van der Waals surface area contributed by atoms with Crippen LogP contribution < -0.4 is 10.1 Å². The molecule has 0 heterocycles. The second-order valence-electron chi connectivity index (χ2n) is 7.14. The van der Waals surface area contributed by atoms with E-state index in [9.17, 15) is 14.9 Å². The minimum Gasteiger partial charge on any atom is -0.496 e. The number of hydrogen-bond donors (Lipinski definition) is 1. The number of nitrogens with one attached hydrogen (secondary N) is 1. The van der Waals surface area contributed by atoms with Gasteiger partial charge in [-0.15, -0.1) is 0 Å². The Labute approximate surface area is 216 Å². The third kappa shape index (κ3) is 6.16. The third-order valence-electron chi connectivity index (χ3n) is 4.96. The first-order valence-electron chi connectivity index (χ1n) is 10.1. The lowest BCUT2D eigenvalue weighted by atomic mass is 10.0. The molecule has 3 aromatic rings. The molecule has 3 rings (SSSR count). The molecule has 0 radical (unpaired) electrons. The van der Waals surface area contributed by atoms with E-state index in [1.165, 1.54) is 25.3 Å². The number of nitrogens with zero attached hydrogens (tertiary/aromatic N) is 1. The molecule has 0 aliphatic rings. The highest BCUT2D eigenvalue weighted by Gasteiger charge is 2.15.